The molecule has 0 heterocycles. The second kappa shape index (κ2) is 8.20. The Morgan fingerprint density at radius 1 is 1.43 bits per heavy atom. The predicted molar refractivity (Wildman–Crippen MR) is 78.9 cm³/mol. The van der Waals surface area contributed by atoms with Gasteiger partial charge < -0.3 is 10.1 Å². The number of hydrogen-bond acceptors (Lipinski definition) is 3. The zero-order chi connectivity index (χ0) is 15.9. The van der Waals surface area contributed by atoms with Gasteiger partial charge in [0, 0.05) is 24.7 Å². The van der Waals surface area contributed by atoms with Gasteiger partial charge >= 0.3 is 6.18 Å². The number of nitrogens with one attached hydrogen (secondary N) is 2. The van der Waals surface area contributed by atoms with Crippen LogP contribution in [0.5, 0.6) is 0 Å². The molecule has 0 spiro atoms. The smallest absolute Gasteiger partial charge is 0.385 e. The van der Waals surface area contributed by atoms with Crippen molar-refractivity contribution in [1.82, 2.24) is 5.43 Å². The first-order valence-electron chi connectivity index (χ1n) is 6.02. The van der Waals surface area contributed by atoms with Crippen LogP contribution in [0.2, 0.25) is 0 Å². The number of halogens is 4. The van der Waals surface area contributed by atoms with Gasteiger partial charge in [-0.2, -0.15) is 13.2 Å². The van der Waals surface area contributed by atoms with Crippen molar-refractivity contribution in [3.63, 3.8) is 0 Å². The summed E-state index contributed by atoms with van der Waals surface area (Å²) in [4.78, 5) is 4.03. The molecule has 1 aromatic carbocycles. The molecule has 0 radical (unpaired) electrons. The lowest BCUT2D eigenvalue weighted by Gasteiger charge is -2.16. The lowest BCUT2D eigenvalue weighted by molar-refractivity contribution is -0.136. The lowest BCUT2D eigenvalue weighted by atomic mass is 10.1. The second-order valence-corrected chi connectivity index (χ2v) is 4.95. The van der Waals surface area contributed by atoms with Crippen LogP contribution in [0.3, 0.4) is 0 Å². The van der Waals surface area contributed by atoms with Gasteiger partial charge in [-0.15, -0.1) is 0 Å². The van der Waals surface area contributed by atoms with Crippen molar-refractivity contribution in [2.45, 2.75) is 12.6 Å². The van der Waals surface area contributed by atoms with E-state index in [0.717, 1.165) is 6.07 Å². The third-order valence-electron chi connectivity index (χ3n) is 2.45. The Morgan fingerprint density at radius 2 is 2.14 bits per heavy atom. The number of anilines is 1. The van der Waals surface area contributed by atoms with E-state index < -0.39 is 11.7 Å². The number of alkyl halides is 3. The monoisotopic (exact) mass is 368 g/mol. The van der Waals surface area contributed by atoms with Crippen molar-refractivity contribution in [3.8, 4) is 0 Å². The minimum Gasteiger partial charge on any atom is -0.385 e. The quantitative estimate of drug-likeness (QED) is 0.245. The average molecular weight is 369 g/mol. The highest BCUT2D eigenvalue weighted by Gasteiger charge is 2.34. The van der Waals surface area contributed by atoms with Crippen LogP contribution in [0.4, 0.5) is 18.9 Å². The van der Waals surface area contributed by atoms with E-state index >= 15 is 0 Å². The standard InChI is InChI=1S/C12H16BrF3N4O/c1-21-6-2-5-18-11(20-17)19-10-4-3-8(13)7-9(10)12(14,15)16/h3-4,7H,2,5-6,17H2,1H3,(H2,18,19,20). The maximum atomic E-state index is 13.0. The number of guanidine groups is 1. The summed E-state index contributed by atoms with van der Waals surface area (Å²) >= 11 is 3.02. The molecule has 9 heteroatoms. The summed E-state index contributed by atoms with van der Waals surface area (Å²) < 4.78 is 44.1. The highest BCUT2D eigenvalue weighted by atomic mass is 79.9. The van der Waals surface area contributed by atoms with E-state index in [1.165, 1.54) is 12.1 Å². The van der Waals surface area contributed by atoms with Crippen LogP contribution < -0.4 is 16.6 Å². The molecule has 0 aliphatic carbocycles. The van der Waals surface area contributed by atoms with Crippen LogP contribution in [0, 0.1) is 0 Å². The molecule has 0 aromatic heterocycles. The molecule has 0 fully saturated rings. The lowest BCUT2D eigenvalue weighted by Crippen LogP contribution is -2.37. The van der Waals surface area contributed by atoms with Crippen LogP contribution >= 0.6 is 15.9 Å². The molecule has 0 saturated heterocycles. The molecule has 0 aliphatic rings. The molecule has 0 atom stereocenters. The summed E-state index contributed by atoms with van der Waals surface area (Å²) in [5.74, 6) is 5.31. The Kier molecular flexibility index (Phi) is 6.93. The van der Waals surface area contributed by atoms with E-state index in [4.69, 9.17) is 10.6 Å². The van der Waals surface area contributed by atoms with E-state index in [2.05, 4.69) is 31.7 Å². The Hall–Kier alpha value is -1.32. The SMILES string of the molecule is COCCCN=C(NN)Nc1ccc(Br)cc1C(F)(F)F. The highest BCUT2D eigenvalue weighted by Crippen LogP contribution is 2.36. The molecule has 0 bridgehead atoms. The normalized spacial score (nSPS) is 12.4. The molecule has 0 saturated carbocycles. The Bertz CT molecular complexity index is 494. The fraction of sp³-hybridized carbons (Fsp3) is 0.417. The second-order valence-electron chi connectivity index (χ2n) is 4.03. The average Bonchev–Trinajstić information content (AvgIpc) is 2.42. The van der Waals surface area contributed by atoms with Gasteiger partial charge in [0.15, 0.2) is 0 Å². The van der Waals surface area contributed by atoms with E-state index in [1.54, 1.807) is 7.11 Å². The maximum absolute atomic E-state index is 13.0. The first-order chi connectivity index (χ1) is 9.88. The summed E-state index contributed by atoms with van der Waals surface area (Å²) in [5, 5.41) is 2.54. The van der Waals surface area contributed by atoms with Crippen LogP contribution in [0.25, 0.3) is 0 Å². The summed E-state index contributed by atoms with van der Waals surface area (Å²) in [6, 6.07) is 3.78. The van der Waals surface area contributed by atoms with E-state index in [0.29, 0.717) is 24.0 Å². The molecule has 1 aromatic rings. The molecule has 0 aliphatic heterocycles. The number of nitrogens with zero attached hydrogens (tertiary/aromatic N) is 1. The van der Waals surface area contributed by atoms with Crippen LogP contribution in [-0.4, -0.2) is 26.2 Å². The summed E-state index contributed by atoms with van der Waals surface area (Å²) in [5.41, 5.74) is 1.30. The van der Waals surface area contributed by atoms with Crippen LogP contribution in [0.1, 0.15) is 12.0 Å². The Labute approximate surface area is 128 Å². The fourth-order valence-corrected chi connectivity index (χ4v) is 1.87. The molecule has 1 rings (SSSR count). The van der Waals surface area contributed by atoms with E-state index in [9.17, 15) is 13.2 Å². The summed E-state index contributed by atoms with van der Waals surface area (Å²) in [7, 11) is 1.56. The Morgan fingerprint density at radius 3 is 2.71 bits per heavy atom. The third-order valence-corrected chi connectivity index (χ3v) is 2.95. The molecule has 0 unspecified atom stereocenters. The zero-order valence-electron chi connectivity index (χ0n) is 11.3. The number of aliphatic imine (C=N–C) groups is 1. The van der Waals surface area contributed by atoms with Crippen molar-refractivity contribution in [2.75, 3.05) is 25.6 Å². The number of methoxy groups -OCH3 is 1. The van der Waals surface area contributed by atoms with Gasteiger partial charge in [0.2, 0.25) is 5.96 Å². The van der Waals surface area contributed by atoms with Crippen molar-refractivity contribution in [1.29, 1.82) is 0 Å². The van der Waals surface area contributed by atoms with Crippen molar-refractivity contribution < 1.29 is 17.9 Å². The first-order valence-corrected chi connectivity index (χ1v) is 6.81. The molecule has 118 valence electrons. The van der Waals surface area contributed by atoms with Gasteiger partial charge in [-0.05, 0) is 24.6 Å². The maximum Gasteiger partial charge on any atom is 0.418 e. The molecule has 0 amide bonds. The van der Waals surface area contributed by atoms with Gasteiger partial charge in [0.25, 0.3) is 0 Å². The first kappa shape index (κ1) is 17.7. The summed E-state index contributed by atoms with van der Waals surface area (Å²) in [6.07, 6.45) is -3.85. The largest absolute Gasteiger partial charge is 0.418 e. The van der Waals surface area contributed by atoms with E-state index in [1.807, 2.05) is 0 Å². The molecular weight excluding hydrogens is 353 g/mol. The number of nitrogens with two attached hydrogens (primary N) is 1. The predicted octanol–water partition coefficient (Wildman–Crippen LogP) is 2.74. The van der Waals surface area contributed by atoms with Crippen molar-refractivity contribution >= 4 is 27.6 Å². The van der Waals surface area contributed by atoms with Gasteiger partial charge in [0.1, 0.15) is 0 Å². The van der Waals surface area contributed by atoms with Crippen molar-refractivity contribution in [3.05, 3.63) is 28.2 Å². The van der Waals surface area contributed by atoms with Crippen LogP contribution in [0.15, 0.2) is 27.7 Å². The van der Waals surface area contributed by atoms with Gasteiger partial charge in [0.05, 0.1) is 11.3 Å². The highest BCUT2D eigenvalue weighted by molar-refractivity contribution is 9.10. The fourth-order valence-electron chi connectivity index (χ4n) is 1.51. The van der Waals surface area contributed by atoms with Gasteiger partial charge in [-0.25, -0.2) is 5.84 Å². The number of benzene rings is 1. The summed E-state index contributed by atoms with van der Waals surface area (Å²) in [6.45, 7) is 0.881. The zero-order valence-corrected chi connectivity index (χ0v) is 12.9. The number of ether oxygens (including phenoxy) is 1. The topological polar surface area (TPSA) is 71.7 Å². The minimum atomic E-state index is -4.48. The van der Waals surface area contributed by atoms with Crippen LogP contribution in [-0.2, 0) is 10.9 Å². The van der Waals surface area contributed by atoms with Crippen molar-refractivity contribution in [2.24, 2.45) is 10.8 Å². The molecule has 21 heavy (non-hydrogen) atoms. The van der Waals surface area contributed by atoms with E-state index in [-0.39, 0.29) is 11.6 Å². The molecule has 5 nitrogen and oxygen atoms in total. The number of rotatable bonds is 5. The Balaban J connectivity index is 2.90. The minimum absolute atomic E-state index is 0.0546. The third kappa shape index (κ3) is 5.90. The van der Waals surface area contributed by atoms with Gasteiger partial charge in [-0.3, -0.25) is 10.4 Å². The van der Waals surface area contributed by atoms with Gasteiger partial charge in [-0.1, -0.05) is 15.9 Å². The molecular formula is C12H16BrF3N4O. The number of hydrazine groups is 1. The molecule has 4 N–H and O–H groups in total. The number of hydrogen-bond donors (Lipinski definition) is 3.